The molecule has 0 bridgehead atoms. The Balaban J connectivity index is 2.04. The zero-order valence-electron chi connectivity index (χ0n) is 13.4. The molecule has 0 saturated heterocycles. The lowest BCUT2D eigenvalue weighted by Gasteiger charge is -2.10. The van der Waals surface area contributed by atoms with Gasteiger partial charge in [-0.05, 0) is 18.2 Å². The van der Waals surface area contributed by atoms with E-state index in [1.807, 2.05) is 0 Å². The third kappa shape index (κ3) is 2.95. The molecule has 10 heteroatoms. The zero-order chi connectivity index (χ0) is 18.8. The molecule has 1 aromatic carbocycles. The van der Waals surface area contributed by atoms with Gasteiger partial charge in [0.25, 0.3) is 11.6 Å². The topological polar surface area (TPSA) is 141 Å². The van der Waals surface area contributed by atoms with Crippen molar-refractivity contribution in [1.29, 1.82) is 0 Å². The minimum Gasteiger partial charge on any atom is -0.468 e. The van der Waals surface area contributed by atoms with E-state index in [4.69, 9.17) is 0 Å². The normalized spacial score (nSPS) is 15.0. The summed E-state index contributed by atoms with van der Waals surface area (Å²) in [5.41, 5.74) is -0.0637. The van der Waals surface area contributed by atoms with Gasteiger partial charge in [0.1, 0.15) is 5.69 Å². The molecule has 1 aromatic heterocycles. The van der Waals surface area contributed by atoms with Crippen molar-refractivity contribution in [2.75, 3.05) is 17.7 Å². The van der Waals surface area contributed by atoms with Gasteiger partial charge in [-0.1, -0.05) is 0 Å². The number of benzene rings is 1. The number of hydrogen-bond acceptors (Lipinski definition) is 7. The van der Waals surface area contributed by atoms with E-state index in [9.17, 15) is 24.5 Å². The van der Waals surface area contributed by atoms with E-state index in [2.05, 4.69) is 20.4 Å². The molecule has 3 rings (SSSR count). The van der Waals surface area contributed by atoms with Crippen molar-refractivity contribution in [3.05, 3.63) is 57.9 Å². The third-order valence-corrected chi connectivity index (χ3v) is 3.80. The number of pyridine rings is 1. The Labute approximate surface area is 146 Å². The number of fused-ring (bicyclic) bond motifs is 1. The lowest BCUT2D eigenvalue weighted by atomic mass is 9.99. The first-order valence-electron chi connectivity index (χ1n) is 7.34. The summed E-state index contributed by atoms with van der Waals surface area (Å²) in [5.74, 6) is -3.34. The number of anilines is 2. The SMILES string of the molecule is COC(=O)C1C(=O)Nc2cc([N+](=O)[O-])c(NC(=O)c3cccnc3)cc21. The number of aromatic nitrogens is 1. The van der Waals surface area contributed by atoms with Crippen LogP contribution in [0, 0.1) is 10.1 Å². The van der Waals surface area contributed by atoms with Gasteiger partial charge >= 0.3 is 5.97 Å². The van der Waals surface area contributed by atoms with Gasteiger partial charge in [-0.25, -0.2) is 0 Å². The van der Waals surface area contributed by atoms with Gasteiger partial charge in [0.05, 0.1) is 23.3 Å². The van der Waals surface area contributed by atoms with Gasteiger partial charge in [0.15, 0.2) is 5.92 Å². The van der Waals surface area contributed by atoms with Crippen LogP contribution in [0.1, 0.15) is 21.8 Å². The maximum Gasteiger partial charge on any atom is 0.322 e. The highest BCUT2D eigenvalue weighted by molar-refractivity contribution is 6.16. The van der Waals surface area contributed by atoms with Gasteiger partial charge < -0.3 is 15.4 Å². The van der Waals surface area contributed by atoms with Crippen molar-refractivity contribution in [1.82, 2.24) is 4.98 Å². The molecule has 2 aromatic rings. The van der Waals surface area contributed by atoms with Gasteiger partial charge in [-0.3, -0.25) is 29.5 Å². The third-order valence-electron chi connectivity index (χ3n) is 3.80. The number of ether oxygens (including phenoxy) is 1. The summed E-state index contributed by atoms with van der Waals surface area (Å²) in [6.07, 6.45) is 2.78. The minimum absolute atomic E-state index is 0.122. The van der Waals surface area contributed by atoms with E-state index < -0.39 is 34.3 Å². The molecule has 1 atom stereocenters. The lowest BCUT2D eigenvalue weighted by Crippen LogP contribution is -2.22. The van der Waals surface area contributed by atoms with E-state index in [1.165, 1.54) is 24.5 Å². The van der Waals surface area contributed by atoms with Crippen LogP contribution in [0.4, 0.5) is 17.1 Å². The molecule has 2 heterocycles. The van der Waals surface area contributed by atoms with Crippen LogP contribution in [0.5, 0.6) is 0 Å². The molecule has 0 aliphatic carbocycles. The van der Waals surface area contributed by atoms with E-state index in [0.29, 0.717) is 0 Å². The van der Waals surface area contributed by atoms with Gasteiger partial charge in [0.2, 0.25) is 5.91 Å². The van der Waals surface area contributed by atoms with E-state index >= 15 is 0 Å². The molecule has 26 heavy (non-hydrogen) atoms. The van der Waals surface area contributed by atoms with E-state index in [0.717, 1.165) is 13.2 Å². The molecular formula is C16H12N4O6. The number of nitro groups is 1. The maximum atomic E-state index is 12.3. The second kappa shape index (κ2) is 6.59. The molecule has 0 saturated carbocycles. The fourth-order valence-corrected chi connectivity index (χ4v) is 2.59. The molecule has 2 amide bonds. The van der Waals surface area contributed by atoms with Crippen molar-refractivity contribution < 1.29 is 24.0 Å². The highest BCUT2D eigenvalue weighted by atomic mass is 16.6. The molecule has 1 aliphatic heterocycles. The monoisotopic (exact) mass is 356 g/mol. The van der Waals surface area contributed by atoms with Crippen LogP contribution in [0.3, 0.4) is 0 Å². The first-order valence-corrected chi connectivity index (χ1v) is 7.34. The quantitative estimate of drug-likeness (QED) is 0.365. The van der Waals surface area contributed by atoms with Crippen LogP contribution < -0.4 is 10.6 Å². The Hall–Kier alpha value is -3.82. The number of amides is 2. The van der Waals surface area contributed by atoms with Gasteiger partial charge in [-0.15, -0.1) is 0 Å². The van der Waals surface area contributed by atoms with E-state index in [1.54, 1.807) is 6.07 Å². The molecule has 0 spiro atoms. The smallest absolute Gasteiger partial charge is 0.322 e. The number of esters is 1. The number of methoxy groups -OCH3 is 1. The predicted molar refractivity (Wildman–Crippen MR) is 88.7 cm³/mol. The molecule has 1 aliphatic rings. The summed E-state index contributed by atoms with van der Waals surface area (Å²) in [6, 6.07) is 5.35. The van der Waals surface area contributed by atoms with Crippen LogP contribution >= 0.6 is 0 Å². The van der Waals surface area contributed by atoms with Gasteiger partial charge in [0, 0.05) is 24.0 Å². The van der Waals surface area contributed by atoms with Crippen molar-refractivity contribution in [3.8, 4) is 0 Å². The number of nitro benzene ring substituents is 1. The highest BCUT2D eigenvalue weighted by Crippen LogP contribution is 2.40. The van der Waals surface area contributed by atoms with Gasteiger partial charge in [-0.2, -0.15) is 0 Å². The maximum absolute atomic E-state index is 12.3. The fourth-order valence-electron chi connectivity index (χ4n) is 2.59. The number of nitrogens with one attached hydrogen (secondary N) is 2. The summed E-state index contributed by atoms with van der Waals surface area (Å²) < 4.78 is 4.60. The second-order valence-electron chi connectivity index (χ2n) is 5.35. The van der Waals surface area contributed by atoms with Crippen molar-refractivity contribution in [2.45, 2.75) is 5.92 Å². The summed E-state index contributed by atoms with van der Waals surface area (Å²) in [4.78, 5) is 50.6. The molecular weight excluding hydrogens is 344 g/mol. The molecule has 132 valence electrons. The number of carbonyl (C=O) groups excluding carboxylic acids is 3. The van der Waals surface area contributed by atoms with Crippen molar-refractivity contribution in [3.63, 3.8) is 0 Å². The van der Waals surface area contributed by atoms with Crippen LogP contribution in [-0.4, -0.2) is 34.8 Å². The number of hydrogen-bond donors (Lipinski definition) is 2. The average Bonchev–Trinajstić information content (AvgIpc) is 2.95. The fraction of sp³-hybridized carbons (Fsp3) is 0.125. The zero-order valence-corrected chi connectivity index (χ0v) is 13.4. The van der Waals surface area contributed by atoms with Crippen molar-refractivity contribution >= 4 is 34.8 Å². The molecule has 2 N–H and O–H groups in total. The van der Waals surface area contributed by atoms with Crippen LogP contribution in [-0.2, 0) is 14.3 Å². The summed E-state index contributed by atoms with van der Waals surface area (Å²) >= 11 is 0. The van der Waals surface area contributed by atoms with Crippen LogP contribution in [0.25, 0.3) is 0 Å². The minimum atomic E-state index is -1.26. The Morgan fingerprint density at radius 3 is 2.77 bits per heavy atom. The second-order valence-corrected chi connectivity index (χ2v) is 5.35. The lowest BCUT2D eigenvalue weighted by molar-refractivity contribution is -0.383. The standard InChI is InChI=1S/C16H12N4O6/c1-26-16(23)13-9-5-11(19-14(21)8-3-2-4-17-7-8)12(20(24)25)6-10(9)18-15(13)22/h2-7,13H,1H3,(H,18,22)(H,19,21). The molecule has 10 nitrogen and oxygen atoms in total. The highest BCUT2D eigenvalue weighted by Gasteiger charge is 2.39. The average molecular weight is 356 g/mol. The van der Waals surface area contributed by atoms with E-state index in [-0.39, 0.29) is 22.5 Å². The number of rotatable bonds is 4. The summed E-state index contributed by atoms with van der Waals surface area (Å²) in [7, 11) is 1.13. The van der Waals surface area contributed by atoms with Crippen LogP contribution in [0.15, 0.2) is 36.7 Å². The number of nitrogens with zero attached hydrogens (tertiary/aromatic N) is 2. The Morgan fingerprint density at radius 1 is 1.38 bits per heavy atom. The largest absolute Gasteiger partial charge is 0.468 e. The molecule has 0 radical (unpaired) electrons. The first kappa shape index (κ1) is 17.0. The van der Waals surface area contributed by atoms with Crippen LogP contribution in [0.2, 0.25) is 0 Å². The number of carbonyl (C=O) groups is 3. The molecule has 0 fully saturated rings. The Kier molecular flexibility index (Phi) is 4.31. The van der Waals surface area contributed by atoms with Crippen molar-refractivity contribution in [2.24, 2.45) is 0 Å². The predicted octanol–water partition coefficient (Wildman–Crippen LogP) is 1.45. The Morgan fingerprint density at radius 2 is 2.15 bits per heavy atom. The molecule has 1 unspecified atom stereocenters. The first-order chi connectivity index (χ1) is 12.4. The summed E-state index contributed by atoms with van der Waals surface area (Å²) in [5, 5.41) is 16.2. The Bertz CT molecular complexity index is 928. The summed E-state index contributed by atoms with van der Waals surface area (Å²) in [6.45, 7) is 0.